The maximum absolute atomic E-state index is 3.86. The molecular weight excluding hydrogens is 348 g/mol. The van der Waals surface area contributed by atoms with Crippen molar-refractivity contribution in [3.05, 3.63) is 66.2 Å². The number of unbranched alkanes of at least 4 members (excludes halogenated alkanes) is 1. The van der Waals surface area contributed by atoms with Crippen molar-refractivity contribution in [3.63, 3.8) is 0 Å². The van der Waals surface area contributed by atoms with Gasteiger partial charge in [-0.3, -0.25) is 0 Å². The minimum atomic E-state index is 0.640. The molecule has 1 unspecified atom stereocenters. The summed E-state index contributed by atoms with van der Waals surface area (Å²) in [7, 11) is 2.30. The van der Waals surface area contributed by atoms with E-state index in [4.69, 9.17) is 0 Å². The van der Waals surface area contributed by atoms with Crippen LogP contribution < -0.4 is 4.90 Å². The molecule has 3 heteroatoms. The monoisotopic (exact) mass is 378 g/mol. The second-order valence-electron chi connectivity index (χ2n) is 7.91. The third-order valence-corrected chi connectivity index (χ3v) is 7.13. The zero-order chi connectivity index (χ0) is 18.8. The summed E-state index contributed by atoms with van der Waals surface area (Å²) >= 11 is 1.90. The van der Waals surface area contributed by atoms with Gasteiger partial charge >= 0.3 is 0 Å². The fourth-order valence-electron chi connectivity index (χ4n) is 4.64. The Morgan fingerprint density at radius 3 is 2.78 bits per heavy atom. The molecule has 0 spiro atoms. The first-order chi connectivity index (χ1) is 13.2. The van der Waals surface area contributed by atoms with E-state index in [0.717, 1.165) is 6.42 Å². The van der Waals surface area contributed by atoms with Crippen LogP contribution in [0, 0.1) is 6.92 Å². The van der Waals surface area contributed by atoms with Gasteiger partial charge in [-0.2, -0.15) is 0 Å². The Labute approximate surface area is 168 Å². The van der Waals surface area contributed by atoms with Crippen LogP contribution in [0.4, 0.5) is 5.69 Å². The van der Waals surface area contributed by atoms with Crippen LogP contribution >= 0.6 is 11.8 Å². The third-order valence-electron chi connectivity index (χ3n) is 6.07. The zero-order valence-corrected chi connectivity index (χ0v) is 17.3. The number of aryl methyl sites for hydroxylation is 1. The minimum Gasteiger partial charge on any atom is -0.370 e. The third kappa shape index (κ3) is 3.81. The van der Waals surface area contributed by atoms with Gasteiger partial charge in [0, 0.05) is 41.9 Å². The molecule has 1 fully saturated rings. The molecule has 4 rings (SSSR count). The number of rotatable bonds is 6. The van der Waals surface area contributed by atoms with E-state index in [2.05, 4.69) is 72.8 Å². The van der Waals surface area contributed by atoms with Gasteiger partial charge < -0.3 is 9.80 Å². The maximum atomic E-state index is 3.86. The summed E-state index contributed by atoms with van der Waals surface area (Å²) in [5.41, 5.74) is 4.33. The highest BCUT2D eigenvalue weighted by atomic mass is 32.2. The lowest BCUT2D eigenvalue weighted by atomic mass is 9.89. The van der Waals surface area contributed by atoms with Crippen LogP contribution in [0.5, 0.6) is 0 Å². The fraction of sp³-hybridized carbons (Fsp3) is 0.417. The van der Waals surface area contributed by atoms with E-state index in [1.165, 1.54) is 53.5 Å². The Bertz CT molecular complexity index is 799. The van der Waals surface area contributed by atoms with Crippen LogP contribution in [0.1, 0.15) is 36.3 Å². The largest absolute Gasteiger partial charge is 0.370 e. The van der Waals surface area contributed by atoms with E-state index < -0.39 is 0 Å². The first kappa shape index (κ1) is 18.6. The molecule has 2 aromatic carbocycles. The summed E-state index contributed by atoms with van der Waals surface area (Å²) in [5, 5.41) is 0. The molecule has 2 nitrogen and oxygen atoms in total. The first-order valence-electron chi connectivity index (χ1n) is 10.1. The van der Waals surface area contributed by atoms with Crippen molar-refractivity contribution >= 4 is 17.4 Å². The minimum absolute atomic E-state index is 0.640. The molecule has 0 N–H and O–H groups in total. The molecule has 1 saturated heterocycles. The number of hydrogen-bond acceptors (Lipinski definition) is 3. The lowest BCUT2D eigenvalue weighted by Crippen LogP contribution is -2.45. The zero-order valence-electron chi connectivity index (χ0n) is 16.5. The molecule has 2 heterocycles. The molecule has 0 amide bonds. The highest BCUT2D eigenvalue weighted by Gasteiger charge is 2.41. The lowest BCUT2D eigenvalue weighted by molar-refractivity contribution is 0.193. The van der Waals surface area contributed by atoms with Gasteiger partial charge in [-0.25, -0.2) is 0 Å². The Hall–Kier alpha value is -1.71. The van der Waals surface area contributed by atoms with Crippen molar-refractivity contribution in [2.24, 2.45) is 0 Å². The van der Waals surface area contributed by atoms with Crippen LogP contribution in [0.25, 0.3) is 0 Å². The number of benzene rings is 2. The van der Waals surface area contributed by atoms with Gasteiger partial charge in [0.25, 0.3) is 0 Å². The molecule has 27 heavy (non-hydrogen) atoms. The summed E-state index contributed by atoms with van der Waals surface area (Å²) in [5.74, 6) is 0.640. The molecular formula is C24H30N2S. The number of para-hydroxylation sites is 1. The maximum Gasteiger partial charge on any atom is 0.0544 e. The summed E-state index contributed by atoms with van der Waals surface area (Å²) in [4.78, 5) is 7.94. The summed E-state index contributed by atoms with van der Waals surface area (Å²) in [6.07, 6.45) is 5.66. The van der Waals surface area contributed by atoms with Crippen molar-refractivity contribution in [1.29, 1.82) is 0 Å². The average molecular weight is 379 g/mol. The van der Waals surface area contributed by atoms with Crippen LogP contribution in [0.3, 0.4) is 0 Å². The molecule has 0 aromatic heterocycles. The Morgan fingerprint density at radius 1 is 1.19 bits per heavy atom. The van der Waals surface area contributed by atoms with Crippen molar-refractivity contribution in [2.75, 3.05) is 31.6 Å². The summed E-state index contributed by atoms with van der Waals surface area (Å²) < 4.78 is 0. The summed E-state index contributed by atoms with van der Waals surface area (Å²) in [6.45, 7) is 9.62. The SMILES string of the molecule is C=CCCCN1CC[C@H]2C(C1)c1cccc(Sc3ccc(C)cc3)c1N2C. The molecule has 0 saturated carbocycles. The Morgan fingerprint density at radius 2 is 2.00 bits per heavy atom. The molecule has 2 aliphatic rings. The number of piperidine rings is 1. The standard InChI is InChI=1S/C24H30N2S/c1-4-5-6-15-26-16-14-22-21(17-26)20-8-7-9-23(24(20)25(22)3)27-19-12-10-18(2)11-13-19/h4,7-13,21-22H,1,5-6,14-17H2,2-3H3/t21?,22-/m0/s1. The van der Waals surface area contributed by atoms with Crippen molar-refractivity contribution in [2.45, 2.75) is 47.9 Å². The molecule has 2 aliphatic heterocycles. The van der Waals surface area contributed by atoms with E-state index >= 15 is 0 Å². The molecule has 0 bridgehead atoms. The van der Waals surface area contributed by atoms with Gasteiger partial charge in [-0.05, 0) is 56.5 Å². The Balaban J connectivity index is 1.56. The smallest absolute Gasteiger partial charge is 0.0544 e. The van der Waals surface area contributed by atoms with E-state index in [-0.39, 0.29) is 0 Å². The van der Waals surface area contributed by atoms with Gasteiger partial charge in [0.1, 0.15) is 0 Å². The number of fused-ring (bicyclic) bond motifs is 3. The van der Waals surface area contributed by atoms with Gasteiger partial charge in [-0.1, -0.05) is 47.7 Å². The molecule has 2 aromatic rings. The van der Waals surface area contributed by atoms with Crippen LogP contribution in [0.2, 0.25) is 0 Å². The molecule has 142 valence electrons. The molecule has 0 radical (unpaired) electrons. The van der Waals surface area contributed by atoms with Crippen LogP contribution in [0.15, 0.2) is 64.9 Å². The summed E-state index contributed by atoms with van der Waals surface area (Å²) in [6, 6.07) is 16.4. The lowest BCUT2D eigenvalue weighted by Gasteiger charge is -2.37. The van der Waals surface area contributed by atoms with Crippen LogP contribution in [-0.4, -0.2) is 37.6 Å². The van der Waals surface area contributed by atoms with Crippen molar-refractivity contribution in [3.8, 4) is 0 Å². The first-order valence-corrected chi connectivity index (χ1v) is 10.9. The van der Waals surface area contributed by atoms with Crippen LogP contribution in [-0.2, 0) is 0 Å². The number of likely N-dealkylation sites (tertiary alicyclic amines) is 1. The highest BCUT2D eigenvalue weighted by Crippen LogP contribution is 2.49. The second-order valence-corrected chi connectivity index (χ2v) is 9.03. The normalized spacial score (nSPS) is 21.8. The van der Waals surface area contributed by atoms with E-state index in [0.29, 0.717) is 12.0 Å². The molecule has 0 aliphatic carbocycles. The van der Waals surface area contributed by atoms with Gasteiger partial charge in [-0.15, -0.1) is 6.58 Å². The topological polar surface area (TPSA) is 6.48 Å². The van der Waals surface area contributed by atoms with E-state index in [1.54, 1.807) is 5.56 Å². The van der Waals surface area contributed by atoms with Crippen molar-refractivity contribution in [1.82, 2.24) is 4.90 Å². The number of anilines is 1. The van der Waals surface area contributed by atoms with Gasteiger partial charge in [0.05, 0.1) is 5.69 Å². The second kappa shape index (κ2) is 8.12. The predicted octanol–water partition coefficient (Wildman–Crippen LogP) is 5.72. The number of likely N-dealkylation sites (N-methyl/N-ethyl adjacent to an activating group) is 1. The predicted molar refractivity (Wildman–Crippen MR) is 117 cm³/mol. The Kier molecular flexibility index (Phi) is 5.60. The number of hydrogen-bond donors (Lipinski definition) is 0. The highest BCUT2D eigenvalue weighted by molar-refractivity contribution is 7.99. The fourth-order valence-corrected chi connectivity index (χ4v) is 5.67. The average Bonchev–Trinajstić information content (AvgIpc) is 2.97. The van der Waals surface area contributed by atoms with Gasteiger partial charge in [0.2, 0.25) is 0 Å². The van der Waals surface area contributed by atoms with Crippen molar-refractivity contribution < 1.29 is 0 Å². The quantitative estimate of drug-likeness (QED) is 0.469. The van der Waals surface area contributed by atoms with E-state index in [1.807, 2.05) is 17.8 Å². The number of allylic oxidation sites excluding steroid dienone is 1. The van der Waals surface area contributed by atoms with E-state index in [9.17, 15) is 0 Å². The molecule has 2 atom stereocenters. The van der Waals surface area contributed by atoms with Gasteiger partial charge in [0.15, 0.2) is 0 Å². The number of nitrogens with zero attached hydrogens (tertiary/aromatic N) is 2.